The molecule has 0 saturated heterocycles. The Balaban J connectivity index is 1.73. The van der Waals surface area contributed by atoms with Crippen molar-refractivity contribution in [2.75, 3.05) is 29.9 Å². The first kappa shape index (κ1) is 21.2. The number of nitrogens with zero attached hydrogens (tertiary/aromatic N) is 5. The lowest BCUT2D eigenvalue weighted by Crippen LogP contribution is -2.55. The van der Waals surface area contributed by atoms with E-state index in [1.165, 1.54) is 5.56 Å². The number of rotatable bonds is 3. The van der Waals surface area contributed by atoms with Crippen LogP contribution < -0.4 is 9.80 Å². The zero-order valence-corrected chi connectivity index (χ0v) is 19.0. The predicted molar refractivity (Wildman–Crippen MR) is 122 cm³/mol. The van der Waals surface area contributed by atoms with E-state index in [0.717, 1.165) is 23.7 Å². The van der Waals surface area contributed by atoms with E-state index in [0.29, 0.717) is 19.6 Å². The molecule has 2 aliphatic heterocycles. The number of carbonyl (C=O) groups is 1. The molecule has 0 aliphatic carbocycles. The Morgan fingerprint density at radius 2 is 1.97 bits per heavy atom. The lowest BCUT2D eigenvalue weighted by atomic mass is 9.96. The van der Waals surface area contributed by atoms with Crippen molar-refractivity contribution < 1.29 is 9.53 Å². The summed E-state index contributed by atoms with van der Waals surface area (Å²) in [5.41, 5.74) is 1.08. The summed E-state index contributed by atoms with van der Waals surface area (Å²) in [6.45, 7) is 10.3. The molecule has 3 heterocycles. The van der Waals surface area contributed by atoms with E-state index in [1.807, 2.05) is 50.9 Å². The van der Waals surface area contributed by atoms with E-state index in [1.54, 1.807) is 6.33 Å². The van der Waals surface area contributed by atoms with Crippen molar-refractivity contribution in [2.24, 2.45) is 0 Å². The maximum Gasteiger partial charge on any atom is 0.411 e. The van der Waals surface area contributed by atoms with E-state index >= 15 is 0 Å². The molecule has 164 valence electrons. The van der Waals surface area contributed by atoms with Gasteiger partial charge in [-0.1, -0.05) is 42.5 Å². The number of carbonyl (C=O) groups excluding carboxylic acids is 1. The Bertz CT molecular complexity index is 985. The van der Waals surface area contributed by atoms with Crippen molar-refractivity contribution in [1.29, 1.82) is 0 Å². The molecule has 7 nitrogen and oxygen atoms in total. The van der Waals surface area contributed by atoms with Crippen LogP contribution in [-0.2, 0) is 17.8 Å². The van der Waals surface area contributed by atoms with Gasteiger partial charge in [-0.2, -0.15) is 0 Å². The van der Waals surface area contributed by atoms with Crippen LogP contribution in [-0.4, -0.2) is 52.2 Å². The minimum atomic E-state index is -0.569. The summed E-state index contributed by atoms with van der Waals surface area (Å²) in [5.74, 6) is 1.71. The Kier molecular flexibility index (Phi) is 5.37. The summed E-state index contributed by atoms with van der Waals surface area (Å²) in [7, 11) is 2.03. The van der Waals surface area contributed by atoms with Crippen molar-refractivity contribution >= 4 is 17.7 Å². The highest BCUT2D eigenvalue weighted by molar-refractivity contribution is 5.73. The number of anilines is 2. The molecule has 1 aromatic carbocycles. The number of ether oxygens (including phenoxy) is 1. The molecule has 2 aromatic rings. The van der Waals surface area contributed by atoms with Gasteiger partial charge in [-0.3, -0.25) is 4.90 Å². The number of fused-ring (bicyclic) bond motifs is 4. The fraction of sp³-hybridized carbons (Fsp3) is 0.458. The highest BCUT2D eigenvalue weighted by atomic mass is 16.6. The lowest BCUT2D eigenvalue weighted by Gasteiger charge is -2.42. The zero-order chi connectivity index (χ0) is 22.2. The van der Waals surface area contributed by atoms with E-state index in [2.05, 4.69) is 51.0 Å². The largest absolute Gasteiger partial charge is 0.444 e. The molecular formula is C24H31N5O2. The average molecular weight is 422 g/mol. The minimum Gasteiger partial charge on any atom is -0.444 e. The summed E-state index contributed by atoms with van der Waals surface area (Å²) in [6.07, 6.45) is 5.51. The van der Waals surface area contributed by atoms with Gasteiger partial charge in [0.1, 0.15) is 23.6 Å². The van der Waals surface area contributed by atoms with Crippen LogP contribution >= 0.6 is 0 Å². The van der Waals surface area contributed by atoms with Crippen LogP contribution in [0.3, 0.4) is 0 Å². The number of aromatic nitrogens is 2. The van der Waals surface area contributed by atoms with Crippen molar-refractivity contribution in [3.63, 3.8) is 0 Å². The predicted octanol–water partition coefficient (Wildman–Crippen LogP) is 4.00. The molecule has 1 aromatic heterocycles. The van der Waals surface area contributed by atoms with Crippen LogP contribution in [0.5, 0.6) is 0 Å². The van der Waals surface area contributed by atoms with Crippen molar-refractivity contribution in [3.8, 4) is 0 Å². The second-order valence-electron chi connectivity index (χ2n) is 9.55. The summed E-state index contributed by atoms with van der Waals surface area (Å²) < 4.78 is 5.78. The fourth-order valence-electron chi connectivity index (χ4n) is 4.27. The van der Waals surface area contributed by atoms with Gasteiger partial charge in [0.2, 0.25) is 0 Å². The molecule has 1 amide bonds. The first-order valence-electron chi connectivity index (χ1n) is 10.7. The van der Waals surface area contributed by atoms with Gasteiger partial charge < -0.3 is 14.5 Å². The van der Waals surface area contributed by atoms with E-state index in [9.17, 15) is 4.79 Å². The Hall–Kier alpha value is -3.09. The molecule has 0 radical (unpaired) electrons. The van der Waals surface area contributed by atoms with E-state index < -0.39 is 11.1 Å². The van der Waals surface area contributed by atoms with Gasteiger partial charge in [0.25, 0.3) is 0 Å². The third kappa shape index (κ3) is 4.36. The third-order valence-electron chi connectivity index (χ3n) is 5.68. The first-order chi connectivity index (χ1) is 14.7. The highest BCUT2D eigenvalue weighted by Crippen LogP contribution is 2.37. The van der Waals surface area contributed by atoms with Gasteiger partial charge in [0.15, 0.2) is 0 Å². The summed E-state index contributed by atoms with van der Waals surface area (Å²) in [5, 5.41) is 0. The fourth-order valence-corrected chi connectivity index (χ4v) is 4.27. The summed E-state index contributed by atoms with van der Waals surface area (Å²) >= 11 is 0. The van der Waals surface area contributed by atoms with Gasteiger partial charge in [0, 0.05) is 26.7 Å². The molecule has 0 spiro atoms. The van der Waals surface area contributed by atoms with Crippen LogP contribution in [0.15, 0.2) is 48.8 Å². The van der Waals surface area contributed by atoms with Gasteiger partial charge in [-0.05, 0) is 33.3 Å². The summed E-state index contributed by atoms with van der Waals surface area (Å²) in [4.78, 5) is 28.7. The molecule has 31 heavy (non-hydrogen) atoms. The highest BCUT2D eigenvalue weighted by Gasteiger charge is 2.43. The maximum atomic E-state index is 13.3. The van der Waals surface area contributed by atoms with Gasteiger partial charge >= 0.3 is 6.09 Å². The van der Waals surface area contributed by atoms with Crippen LogP contribution in [0.25, 0.3) is 0 Å². The monoisotopic (exact) mass is 421 g/mol. The van der Waals surface area contributed by atoms with Gasteiger partial charge in [-0.15, -0.1) is 0 Å². The van der Waals surface area contributed by atoms with Crippen molar-refractivity contribution in [3.05, 3.63) is 59.9 Å². The summed E-state index contributed by atoms with van der Waals surface area (Å²) in [6, 6.07) is 10.3. The van der Waals surface area contributed by atoms with E-state index in [-0.39, 0.29) is 6.09 Å². The normalized spacial score (nSPS) is 20.2. The SMILES string of the molecule is CN(Cc1ccccc1)c1ncnc2c1CN(C(=O)OC(C)(C)C)[C@]1(C)C=CCN2C1. The second-order valence-corrected chi connectivity index (χ2v) is 9.55. The second kappa shape index (κ2) is 7.87. The molecule has 7 heteroatoms. The minimum absolute atomic E-state index is 0.324. The van der Waals surface area contributed by atoms with E-state index in [4.69, 9.17) is 4.74 Å². The van der Waals surface area contributed by atoms with Crippen molar-refractivity contribution in [2.45, 2.75) is 51.9 Å². The number of hydrogen-bond donors (Lipinski definition) is 0. The molecule has 4 rings (SSSR count). The Morgan fingerprint density at radius 1 is 1.23 bits per heavy atom. The molecule has 0 N–H and O–H groups in total. The Morgan fingerprint density at radius 3 is 2.68 bits per heavy atom. The van der Waals surface area contributed by atoms with Gasteiger partial charge in [0.05, 0.1) is 17.6 Å². The number of hydrogen-bond acceptors (Lipinski definition) is 6. The van der Waals surface area contributed by atoms with Crippen LogP contribution in [0.1, 0.15) is 38.8 Å². The van der Waals surface area contributed by atoms with Crippen LogP contribution in [0.2, 0.25) is 0 Å². The standard InChI is InChI=1S/C24H31N5O2/c1-23(2,3)31-22(30)29-15-19-20(27(5)14-18-10-7-6-8-11-18)25-17-26-21(19)28-13-9-12-24(29,4)16-28/h6-12,17H,13-16H2,1-5H3/t24-/m1/s1. The zero-order valence-electron chi connectivity index (χ0n) is 19.0. The van der Waals surface area contributed by atoms with Gasteiger partial charge in [-0.25, -0.2) is 14.8 Å². The average Bonchev–Trinajstić information content (AvgIpc) is 2.79. The smallest absolute Gasteiger partial charge is 0.411 e. The molecule has 0 saturated carbocycles. The number of amides is 1. The lowest BCUT2D eigenvalue weighted by molar-refractivity contribution is 0.00707. The molecule has 2 aliphatic rings. The van der Waals surface area contributed by atoms with Crippen LogP contribution in [0, 0.1) is 0 Å². The molecule has 0 fully saturated rings. The maximum absolute atomic E-state index is 13.3. The third-order valence-corrected chi connectivity index (χ3v) is 5.68. The molecular weight excluding hydrogens is 390 g/mol. The first-order valence-corrected chi connectivity index (χ1v) is 10.7. The number of benzene rings is 1. The topological polar surface area (TPSA) is 61.8 Å². The Labute approximate surface area is 184 Å². The molecule has 1 atom stereocenters. The molecule has 2 bridgehead atoms. The van der Waals surface area contributed by atoms with Crippen LogP contribution in [0.4, 0.5) is 16.4 Å². The van der Waals surface area contributed by atoms with Crippen molar-refractivity contribution in [1.82, 2.24) is 14.9 Å². The molecule has 0 unspecified atom stereocenters. The quantitative estimate of drug-likeness (QED) is 0.698.